The van der Waals surface area contributed by atoms with Crippen LogP contribution in [0.25, 0.3) is 10.6 Å². The molecule has 2 heterocycles. The van der Waals surface area contributed by atoms with Crippen molar-refractivity contribution < 1.29 is 4.42 Å². The molecule has 2 aromatic rings. The first-order valence-electron chi connectivity index (χ1n) is 4.69. The minimum atomic E-state index is 0.743. The highest BCUT2D eigenvalue weighted by Gasteiger charge is 2.14. The van der Waals surface area contributed by atoms with Gasteiger partial charge in [-0.3, -0.25) is 0 Å². The van der Waals surface area contributed by atoms with Gasteiger partial charge in [-0.1, -0.05) is 6.92 Å². The Kier molecular flexibility index (Phi) is 3.56. The average Bonchev–Trinajstić information content (AvgIpc) is 2.82. The first-order valence-corrected chi connectivity index (χ1v) is 6.36. The van der Waals surface area contributed by atoms with E-state index in [2.05, 4.69) is 33.2 Å². The van der Waals surface area contributed by atoms with Gasteiger partial charge in [0.1, 0.15) is 5.69 Å². The van der Waals surface area contributed by atoms with E-state index in [1.165, 1.54) is 6.39 Å². The minimum Gasteiger partial charge on any atom is -0.442 e. The Morgan fingerprint density at radius 1 is 1.60 bits per heavy atom. The number of oxazole rings is 1. The van der Waals surface area contributed by atoms with E-state index in [9.17, 15) is 0 Å². The van der Waals surface area contributed by atoms with E-state index in [1.807, 2.05) is 11.4 Å². The maximum atomic E-state index is 5.42. The number of rotatable bonds is 4. The standard InChI is InChI=1S/C10H11BrN2OS/c1-2-12-5-8-9(14-6-13-8)10-7(11)3-4-15-10/h3-4,6,12H,2,5H2,1H3. The summed E-state index contributed by atoms with van der Waals surface area (Å²) in [6.07, 6.45) is 1.49. The summed E-state index contributed by atoms with van der Waals surface area (Å²) in [5.74, 6) is 0.859. The SMILES string of the molecule is CCNCc1ncoc1-c1sccc1Br. The maximum absolute atomic E-state index is 5.42. The fraction of sp³-hybridized carbons (Fsp3) is 0.300. The molecule has 0 aliphatic carbocycles. The molecule has 0 saturated heterocycles. The van der Waals surface area contributed by atoms with Crippen LogP contribution in [0.1, 0.15) is 12.6 Å². The predicted molar refractivity (Wildman–Crippen MR) is 64.9 cm³/mol. The largest absolute Gasteiger partial charge is 0.442 e. The lowest BCUT2D eigenvalue weighted by atomic mass is 10.3. The third-order valence-corrected chi connectivity index (χ3v) is 3.84. The number of halogens is 1. The molecule has 0 aliphatic rings. The highest BCUT2D eigenvalue weighted by Crippen LogP contribution is 2.35. The van der Waals surface area contributed by atoms with Crippen LogP contribution in [-0.4, -0.2) is 11.5 Å². The van der Waals surface area contributed by atoms with Crippen molar-refractivity contribution in [2.24, 2.45) is 0 Å². The number of hydrogen-bond acceptors (Lipinski definition) is 4. The lowest BCUT2D eigenvalue weighted by Crippen LogP contribution is -2.12. The van der Waals surface area contributed by atoms with Crippen molar-refractivity contribution in [3.05, 3.63) is 28.0 Å². The molecule has 2 aromatic heterocycles. The molecule has 0 saturated carbocycles. The van der Waals surface area contributed by atoms with E-state index in [4.69, 9.17) is 4.42 Å². The molecule has 0 bridgehead atoms. The zero-order chi connectivity index (χ0) is 10.7. The first-order chi connectivity index (χ1) is 7.33. The van der Waals surface area contributed by atoms with Gasteiger partial charge in [-0.05, 0) is 33.9 Å². The highest BCUT2D eigenvalue weighted by atomic mass is 79.9. The van der Waals surface area contributed by atoms with E-state index >= 15 is 0 Å². The zero-order valence-electron chi connectivity index (χ0n) is 8.29. The topological polar surface area (TPSA) is 38.1 Å². The molecule has 15 heavy (non-hydrogen) atoms. The first kappa shape index (κ1) is 10.9. The second-order valence-corrected chi connectivity index (χ2v) is 4.78. The molecule has 1 N–H and O–H groups in total. The molecular formula is C10H11BrN2OS. The maximum Gasteiger partial charge on any atom is 0.181 e. The fourth-order valence-corrected chi connectivity index (χ4v) is 2.84. The summed E-state index contributed by atoms with van der Waals surface area (Å²) in [5, 5.41) is 5.27. The van der Waals surface area contributed by atoms with E-state index in [0.29, 0.717) is 0 Å². The van der Waals surface area contributed by atoms with Crippen LogP contribution in [0.4, 0.5) is 0 Å². The van der Waals surface area contributed by atoms with Crippen LogP contribution in [0.15, 0.2) is 26.7 Å². The molecule has 0 spiro atoms. The Morgan fingerprint density at radius 3 is 3.13 bits per heavy atom. The normalized spacial score (nSPS) is 10.8. The summed E-state index contributed by atoms with van der Waals surface area (Å²) in [6.45, 7) is 3.74. The number of nitrogens with zero attached hydrogens (tertiary/aromatic N) is 1. The number of hydrogen-bond donors (Lipinski definition) is 1. The van der Waals surface area contributed by atoms with Crippen molar-refractivity contribution in [3.8, 4) is 10.6 Å². The summed E-state index contributed by atoms with van der Waals surface area (Å²) in [4.78, 5) is 5.31. The summed E-state index contributed by atoms with van der Waals surface area (Å²) >= 11 is 5.14. The van der Waals surface area contributed by atoms with Crippen molar-refractivity contribution in [2.75, 3.05) is 6.54 Å². The Labute approximate surface area is 101 Å². The van der Waals surface area contributed by atoms with Gasteiger partial charge >= 0.3 is 0 Å². The predicted octanol–water partition coefficient (Wildman–Crippen LogP) is 3.28. The smallest absolute Gasteiger partial charge is 0.181 e. The van der Waals surface area contributed by atoms with Crippen LogP contribution < -0.4 is 5.32 Å². The monoisotopic (exact) mass is 286 g/mol. The second-order valence-electron chi connectivity index (χ2n) is 3.01. The van der Waals surface area contributed by atoms with E-state index < -0.39 is 0 Å². The molecule has 0 atom stereocenters. The number of nitrogens with one attached hydrogen (secondary N) is 1. The van der Waals surface area contributed by atoms with Crippen molar-refractivity contribution in [2.45, 2.75) is 13.5 Å². The van der Waals surface area contributed by atoms with Gasteiger partial charge in [-0.25, -0.2) is 4.98 Å². The van der Waals surface area contributed by atoms with E-state index in [-0.39, 0.29) is 0 Å². The zero-order valence-corrected chi connectivity index (χ0v) is 10.7. The Balaban J connectivity index is 2.29. The van der Waals surface area contributed by atoms with Crippen molar-refractivity contribution in [3.63, 3.8) is 0 Å². The van der Waals surface area contributed by atoms with Crippen molar-refractivity contribution >= 4 is 27.3 Å². The van der Waals surface area contributed by atoms with Gasteiger partial charge in [-0.2, -0.15) is 0 Å². The Hall–Kier alpha value is -0.650. The van der Waals surface area contributed by atoms with Gasteiger partial charge in [0.2, 0.25) is 0 Å². The third-order valence-electron chi connectivity index (χ3n) is 2.01. The second kappa shape index (κ2) is 4.92. The summed E-state index contributed by atoms with van der Waals surface area (Å²) in [6, 6.07) is 2.01. The van der Waals surface area contributed by atoms with Gasteiger partial charge in [0.15, 0.2) is 12.2 Å². The van der Waals surface area contributed by atoms with Crippen molar-refractivity contribution in [1.29, 1.82) is 0 Å². The van der Waals surface area contributed by atoms with Gasteiger partial charge in [0.05, 0.1) is 4.88 Å². The molecule has 0 fully saturated rings. The van der Waals surface area contributed by atoms with Crippen LogP contribution in [0.5, 0.6) is 0 Å². The molecule has 80 valence electrons. The molecule has 0 aliphatic heterocycles. The molecule has 3 nitrogen and oxygen atoms in total. The molecule has 0 aromatic carbocycles. The Bertz CT molecular complexity index is 438. The van der Waals surface area contributed by atoms with Crippen LogP contribution in [0.2, 0.25) is 0 Å². The van der Waals surface area contributed by atoms with Crippen molar-refractivity contribution in [1.82, 2.24) is 10.3 Å². The summed E-state index contributed by atoms with van der Waals surface area (Å²) < 4.78 is 6.47. The minimum absolute atomic E-state index is 0.743. The molecule has 0 amide bonds. The molecular weight excluding hydrogens is 276 g/mol. The van der Waals surface area contributed by atoms with E-state index in [0.717, 1.165) is 33.9 Å². The van der Waals surface area contributed by atoms with Crippen LogP contribution in [0, 0.1) is 0 Å². The van der Waals surface area contributed by atoms with Gasteiger partial charge in [0, 0.05) is 11.0 Å². The fourth-order valence-electron chi connectivity index (χ4n) is 1.28. The molecule has 0 radical (unpaired) electrons. The highest BCUT2D eigenvalue weighted by molar-refractivity contribution is 9.10. The quantitative estimate of drug-likeness (QED) is 0.937. The number of thiophene rings is 1. The van der Waals surface area contributed by atoms with Crippen LogP contribution >= 0.6 is 27.3 Å². The lowest BCUT2D eigenvalue weighted by molar-refractivity contribution is 0.571. The number of aromatic nitrogens is 1. The Morgan fingerprint density at radius 2 is 2.47 bits per heavy atom. The molecule has 5 heteroatoms. The van der Waals surface area contributed by atoms with E-state index in [1.54, 1.807) is 11.3 Å². The third kappa shape index (κ3) is 2.30. The molecule has 2 rings (SSSR count). The van der Waals surface area contributed by atoms with Gasteiger partial charge < -0.3 is 9.73 Å². The average molecular weight is 287 g/mol. The van der Waals surface area contributed by atoms with Gasteiger partial charge in [-0.15, -0.1) is 11.3 Å². The summed E-state index contributed by atoms with van der Waals surface area (Å²) in [5.41, 5.74) is 0.958. The van der Waals surface area contributed by atoms with Crippen LogP contribution in [0.3, 0.4) is 0 Å². The lowest BCUT2D eigenvalue weighted by Gasteiger charge is -2.00. The molecule has 0 unspecified atom stereocenters. The summed E-state index contributed by atoms with van der Waals surface area (Å²) in [7, 11) is 0. The van der Waals surface area contributed by atoms with Gasteiger partial charge in [0.25, 0.3) is 0 Å². The van der Waals surface area contributed by atoms with Crippen LogP contribution in [-0.2, 0) is 6.54 Å².